The molecule has 1 unspecified atom stereocenters. The van der Waals surface area contributed by atoms with Gasteiger partial charge in [0.15, 0.2) is 11.5 Å². The van der Waals surface area contributed by atoms with Crippen LogP contribution in [0.25, 0.3) is 0 Å². The first kappa shape index (κ1) is 16.8. The molecular weight excluding hydrogens is 278 g/mol. The Bertz CT molecular complexity index is 516. The molecule has 0 bridgehead atoms. The minimum atomic E-state index is -1.09. The van der Waals surface area contributed by atoms with E-state index >= 15 is 0 Å². The van der Waals surface area contributed by atoms with Gasteiger partial charge in [-0.25, -0.2) is 0 Å². The third kappa shape index (κ3) is 4.09. The van der Waals surface area contributed by atoms with Crippen molar-refractivity contribution >= 4 is 11.9 Å². The number of likely N-dealkylation sites (N-methyl/N-ethyl adjacent to an activating group) is 1. The van der Waals surface area contributed by atoms with Crippen LogP contribution in [0.3, 0.4) is 0 Å². The van der Waals surface area contributed by atoms with Gasteiger partial charge < -0.3 is 19.7 Å². The second-order valence-corrected chi connectivity index (χ2v) is 4.45. The van der Waals surface area contributed by atoms with E-state index < -0.39 is 18.0 Å². The Morgan fingerprint density at radius 2 is 1.90 bits per heavy atom. The molecule has 0 heterocycles. The van der Waals surface area contributed by atoms with E-state index in [1.54, 1.807) is 25.2 Å². The summed E-state index contributed by atoms with van der Waals surface area (Å²) in [6.07, 6.45) is -0.146. The molecule has 7 heteroatoms. The first-order valence-electron chi connectivity index (χ1n) is 6.28. The average molecular weight is 297 g/mol. The van der Waals surface area contributed by atoms with Gasteiger partial charge in [-0.2, -0.15) is 0 Å². The van der Waals surface area contributed by atoms with Gasteiger partial charge in [-0.05, 0) is 13.1 Å². The van der Waals surface area contributed by atoms with Gasteiger partial charge in [0.2, 0.25) is 0 Å². The van der Waals surface area contributed by atoms with Crippen molar-refractivity contribution in [3.8, 4) is 11.5 Å². The number of para-hydroxylation sites is 1. The maximum Gasteiger partial charge on any atom is 0.325 e. The molecule has 1 aromatic rings. The first-order chi connectivity index (χ1) is 9.92. The van der Waals surface area contributed by atoms with E-state index in [1.807, 2.05) is 0 Å². The third-order valence-corrected chi connectivity index (χ3v) is 3.08. The second-order valence-electron chi connectivity index (χ2n) is 4.45. The van der Waals surface area contributed by atoms with Crippen LogP contribution < -0.4 is 9.47 Å². The van der Waals surface area contributed by atoms with Crippen LogP contribution in [0.1, 0.15) is 18.0 Å². The van der Waals surface area contributed by atoms with E-state index in [4.69, 9.17) is 14.6 Å². The number of benzene rings is 1. The average Bonchev–Trinajstić information content (AvgIpc) is 2.44. The van der Waals surface area contributed by atoms with Crippen molar-refractivity contribution in [3.05, 3.63) is 23.8 Å². The Hall–Kier alpha value is -2.28. The van der Waals surface area contributed by atoms with Crippen molar-refractivity contribution in [2.24, 2.45) is 0 Å². The molecule has 0 fully saturated rings. The molecule has 0 amide bonds. The van der Waals surface area contributed by atoms with Gasteiger partial charge in [-0.1, -0.05) is 12.1 Å². The Morgan fingerprint density at radius 3 is 2.38 bits per heavy atom. The van der Waals surface area contributed by atoms with Crippen molar-refractivity contribution in [2.75, 3.05) is 27.8 Å². The summed E-state index contributed by atoms with van der Waals surface area (Å²) < 4.78 is 10.4. The minimum absolute atomic E-state index is 0.104. The molecule has 0 aliphatic carbocycles. The molecule has 1 rings (SSSR count). The van der Waals surface area contributed by atoms with Crippen LogP contribution in [0.15, 0.2) is 18.2 Å². The summed E-state index contributed by atoms with van der Waals surface area (Å²) in [4.78, 5) is 23.7. The van der Waals surface area contributed by atoms with Crippen LogP contribution in [0.4, 0.5) is 0 Å². The SMILES string of the molecule is COc1cccc(C(C(=O)O)N(C)CCC(=O)O)c1OC. The summed E-state index contributed by atoms with van der Waals surface area (Å²) in [5, 5.41) is 18.2. The summed E-state index contributed by atoms with van der Waals surface area (Å²) in [6.45, 7) is 0.104. The van der Waals surface area contributed by atoms with Crippen LogP contribution >= 0.6 is 0 Å². The number of ether oxygens (including phenoxy) is 2. The number of methoxy groups -OCH3 is 2. The Balaban J connectivity index is 3.17. The molecule has 116 valence electrons. The monoisotopic (exact) mass is 297 g/mol. The zero-order valence-electron chi connectivity index (χ0n) is 12.2. The molecular formula is C14H19NO6. The lowest BCUT2D eigenvalue weighted by molar-refractivity contribution is -0.144. The van der Waals surface area contributed by atoms with E-state index in [-0.39, 0.29) is 13.0 Å². The highest BCUT2D eigenvalue weighted by atomic mass is 16.5. The smallest absolute Gasteiger partial charge is 0.325 e. The van der Waals surface area contributed by atoms with Gasteiger partial charge in [0.25, 0.3) is 0 Å². The van der Waals surface area contributed by atoms with Crippen LogP contribution in [0.2, 0.25) is 0 Å². The normalized spacial score (nSPS) is 12.0. The highest BCUT2D eigenvalue weighted by Gasteiger charge is 2.29. The third-order valence-electron chi connectivity index (χ3n) is 3.08. The maximum absolute atomic E-state index is 11.6. The number of carboxylic acid groups (broad SMARTS) is 2. The van der Waals surface area contributed by atoms with Gasteiger partial charge in [0.1, 0.15) is 6.04 Å². The lowest BCUT2D eigenvalue weighted by Gasteiger charge is -2.26. The number of hydrogen-bond acceptors (Lipinski definition) is 5. The predicted molar refractivity (Wildman–Crippen MR) is 74.8 cm³/mol. The number of hydrogen-bond donors (Lipinski definition) is 2. The summed E-state index contributed by atoms with van der Waals surface area (Å²) in [7, 11) is 4.45. The quantitative estimate of drug-likeness (QED) is 0.745. The van der Waals surface area contributed by atoms with Gasteiger partial charge in [0, 0.05) is 12.1 Å². The summed E-state index contributed by atoms with van der Waals surface area (Å²) in [5.74, 6) is -1.32. The Kier molecular flexibility index (Phi) is 5.98. The highest BCUT2D eigenvalue weighted by molar-refractivity contribution is 5.77. The molecule has 7 nitrogen and oxygen atoms in total. The second kappa shape index (κ2) is 7.49. The van der Waals surface area contributed by atoms with Gasteiger partial charge in [0.05, 0.1) is 20.6 Å². The van der Waals surface area contributed by atoms with Crippen molar-refractivity contribution in [2.45, 2.75) is 12.5 Å². The van der Waals surface area contributed by atoms with E-state index in [2.05, 4.69) is 0 Å². The molecule has 0 radical (unpaired) electrons. The van der Waals surface area contributed by atoms with Crippen LogP contribution in [-0.2, 0) is 9.59 Å². The lowest BCUT2D eigenvalue weighted by atomic mass is 10.0. The van der Waals surface area contributed by atoms with E-state index in [0.717, 1.165) is 0 Å². The van der Waals surface area contributed by atoms with Crippen LogP contribution in [0.5, 0.6) is 11.5 Å². The highest BCUT2D eigenvalue weighted by Crippen LogP contribution is 2.36. The molecule has 0 aliphatic rings. The van der Waals surface area contributed by atoms with Crippen molar-refractivity contribution in [1.29, 1.82) is 0 Å². The van der Waals surface area contributed by atoms with Gasteiger partial charge in [-0.3, -0.25) is 14.5 Å². The number of nitrogens with zero attached hydrogens (tertiary/aromatic N) is 1. The van der Waals surface area contributed by atoms with E-state index in [1.165, 1.54) is 19.1 Å². The van der Waals surface area contributed by atoms with E-state index in [0.29, 0.717) is 17.1 Å². The predicted octanol–water partition coefficient (Wildman–Crippen LogP) is 1.24. The fourth-order valence-corrected chi connectivity index (χ4v) is 2.09. The molecule has 1 aromatic carbocycles. The fraction of sp³-hybridized carbons (Fsp3) is 0.429. The van der Waals surface area contributed by atoms with Gasteiger partial charge in [-0.15, -0.1) is 0 Å². The van der Waals surface area contributed by atoms with Crippen molar-refractivity contribution in [3.63, 3.8) is 0 Å². The van der Waals surface area contributed by atoms with Crippen LogP contribution in [-0.4, -0.2) is 54.9 Å². The minimum Gasteiger partial charge on any atom is -0.493 e. The number of carbonyl (C=O) groups is 2. The Labute approximate surface area is 122 Å². The van der Waals surface area contributed by atoms with E-state index in [9.17, 15) is 14.7 Å². The molecule has 21 heavy (non-hydrogen) atoms. The van der Waals surface area contributed by atoms with Gasteiger partial charge >= 0.3 is 11.9 Å². The van der Waals surface area contributed by atoms with Crippen molar-refractivity contribution in [1.82, 2.24) is 4.90 Å². The zero-order valence-corrected chi connectivity index (χ0v) is 12.2. The Morgan fingerprint density at radius 1 is 1.24 bits per heavy atom. The molecule has 0 aliphatic heterocycles. The summed E-state index contributed by atoms with van der Waals surface area (Å²) in [6, 6.07) is 3.93. The molecule has 1 atom stereocenters. The van der Waals surface area contributed by atoms with Crippen LogP contribution in [0, 0.1) is 0 Å². The molecule has 0 saturated heterocycles. The zero-order chi connectivity index (χ0) is 16.0. The molecule has 2 N–H and O–H groups in total. The maximum atomic E-state index is 11.6. The molecule has 0 spiro atoms. The largest absolute Gasteiger partial charge is 0.493 e. The topological polar surface area (TPSA) is 96.3 Å². The summed E-state index contributed by atoms with van der Waals surface area (Å²) >= 11 is 0. The number of carboxylic acids is 2. The summed E-state index contributed by atoms with van der Waals surface area (Å²) in [5.41, 5.74) is 0.414. The lowest BCUT2D eigenvalue weighted by Crippen LogP contribution is -2.32. The molecule has 0 aromatic heterocycles. The standard InChI is InChI=1S/C14H19NO6/c1-15(8-7-11(16)17)12(14(18)19)9-5-4-6-10(20-2)13(9)21-3/h4-6,12H,7-8H2,1-3H3,(H,16,17)(H,18,19). The first-order valence-corrected chi connectivity index (χ1v) is 6.28. The number of aliphatic carboxylic acids is 2. The van der Waals surface area contributed by atoms with Crippen molar-refractivity contribution < 1.29 is 29.3 Å². The molecule has 0 saturated carbocycles. The fourth-order valence-electron chi connectivity index (χ4n) is 2.09. The number of rotatable bonds is 8.